The summed E-state index contributed by atoms with van der Waals surface area (Å²) in [5.74, 6) is 0.755. The lowest BCUT2D eigenvalue weighted by Crippen LogP contribution is -2.38. The summed E-state index contributed by atoms with van der Waals surface area (Å²) in [6.45, 7) is 10.5. The fraction of sp³-hybridized carbons (Fsp3) is 0.583. The van der Waals surface area contributed by atoms with Crippen molar-refractivity contribution >= 4 is 10.9 Å². The van der Waals surface area contributed by atoms with E-state index in [4.69, 9.17) is 0 Å². The van der Waals surface area contributed by atoms with E-state index in [1.54, 1.807) is 0 Å². The van der Waals surface area contributed by atoms with E-state index in [1.807, 2.05) is 10.7 Å². The number of nitrogens with one attached hydrogen (secondary N) is 1. The number of aromatic nitrogens is 5. The summed E-state index contributed by atoms with van der Waals surface area (Å²) in [6.07, 6.45) is 6.56. The molecule has 166 valence electrons. The van der Waals surface area contributed by atoms with E-state index >= 15 is 0 Å². The minimum absolute atomic E-state index is 0.0603. The molecule has 3 heterocycles. The van der Waals surface area contributed by atoms with Gasteiger partial charge in [0.2, 0.25) is 0 Å². The predicted octanol–water partition coefficient (Wildman–Crippen LogP) is 4.19. The lowest BCUT2D eigenvalue weighted by molar-refractivity contribution is 0.202. The fourth-order valence-electron chi connectivity index (χ4n) is 4.49. The van der Waals surface area contributed by atoms with Crippen LogP contribution in [0.3, 0.4) is 0 Å². The van der Waals surface area contributed by atoms with Crippen LogP contribution in [0.2, 0.25) is 0 Å². The van der Waals surface area contributed by atoms with Gasteiger partial charge in [-0.3, -0.25) is 9.69 Å². The first-order valence-electron chi connectivity index (χ1n) is 11.6. The van der Waals surface area contributed by atoms with Crippen LogP contribution < -0.4 is 5.56 Å². The number of aromatic amines is 1. The zero-order valence-corrected chi connectivity index (χ0v) is 19.2. The number of nitrogens with zero attached hydrogens (tertiary/aromatic N) is 5. The molecule has 0 radical (unpaired) electrons. The Kier molecular flexibility index (Phi) is 6.23. The number of tetrazole rings is 1. The SMILES string of the molecule is CCc1ccc2[nH]c(=O)c([C@H](c3nnnn3C(C)(C)CC)N3CCCCCC3)cc2c1. The molecule has 3 aromatic rings. The van der Waals surface area contributed by atoms with Gasteiger partial charge in [0.15, 0.2) is 5.82 Å². The molecule has 0 aliphatic carbocycles. The first kappa shape index (κ1) is 21.7. The molecule has 0 unspecified atom stereocenters. The molecule has 7 nitrogen and oxygen atoms in total. The Morgan fingerprint density at radius 1 is 1.10 bits per heavy atom. The minimum atomic E-state index is -0.266. The number of hydrogen-bond acceptors (Lipinski definition) is 5. The lowest BCUT2D eigenvalue weighted by atomic mass is 9.98. The summed E-state index contributed by atoms with van der Waals surface area (Å²) < 4.78 is 1.93. The van der Waals surface area contributed by atoms with Gasteiger partial charge < -0.3 is 4.98 Å². The molecule has 0 bridgehead atoms. The zero-order chi connectivity index (χ0) is 22.0. The van der Waals surface area contributed by atoms with Crippen molar-refractivity contribution in [3.8, 4) is 0 Å². The summed E-state index contributed by atoms with van der Waals surface area (Å²) in [4.78, 5) is 18.8. The second-order valence-corrected chi connectivity index (χ2v) is 9.30. The van der Waals surface area contributed by atoms with E-state index in [2.05, 4.69) is 71.3 Å². The van der Waals surface area contributed by atoms with Crippen LogP contribution in [-0.4, -0.2) is 43.2 Å². The molecular weight excluding hydrogens is 388 g/mol. The quantitative estimate of drug-likeness (QED) is 0.644. The van der Waals surface area contributed by atoms with Crippen molar-refractivity contribution in [2.45, 2.75) is 77.8 Å². The van der Waals surface area contributed by atoms with Gasteiger partial charge in [0.1, 0.15) is 6.04 Å². The van der Waals surface area contributed by atoms with Gasteiger partial charge in [0.25, 0.3) is 5.56 Å². The first-order chi connectivity index (χ1) is 14.9. The maximum absolute atomic E-state index is 13.3. The highest BCUT2D eigenvalue weighted by Gasteiger charge is 2.34. The smallest absolute Gasteiger partial charge is 0.253 e. The molecule has 1 fully saturated rings. The van der Waals surface area contributed by atoms with Crippen LogP contribution in [0, 0.1) is 0 Å². The number of H-pyrrole nitrogens is 1. The van der Waals surface area contributed by atoms with E-state index in [0.29, 0.717) is 0 Å². The molecule has 1 saturated heterocycles. The number of hydrogen-bond donors (Lipinski definition) is 1. The van der Waals surface area contributed by atoms with Crippen molar-refractivity contribution in [2.75, 3.05) is 13.1 Å². The average Bonchev–Trinajstić information content (AvgIpc) is 3.11. The Morgan fingerprint density at radius 2 is 1.84 bits per heavy atom. The zero-order valence-electron chi connectivity index (χ0n) is 19.2. The van der Waals surface area contributed by atoms with Crippen LogP contribution in [0.25, 0.3) is 10.9 Å². The number of pyridine rings is 1. The third-order valence-corrected chi connectivity index (χ3v) is 6.82. The topological polar surface area (TPSA) is 79.7 Å². The second kappa shape index (κ2) is 8.91. The highest BCUT2D eigenvalue weighted by molar-refractivity contribution is 5.80. The molecule has 1 atom stereocenters. The van der Waals surface area contributed by atoms with Gasteiger partial charge in [0, 0.05) is 11.1 Å². The predicted molar refractivity (Wildman–Crippen MR) is 123 cm³/mol. The van der Waals surface area contributed by atoms with Crippen LogP contribution in [0.5, 0.6) is 0 Å². The summed E-state index contributed by atoms with van der Waals surface area (Å²) >= 11 is 0. The highest BCUT2D eigenvalue weighted by atomic mass is 16.1. The summed E-state index contributed by atoms with van der Waals surface area (Å²) in [6, 6.07) is 8.05. The maximum atomic E-state index is 13.3. The number of aryl methyl sites for hydroxylation is 1. The van der Waals surface area contributed by atoms with E-state index in [1.165, 1.54) is 18.4 Å². The number of likely N-dealkylation sites (tertiary alicyclic amines) is 1. The number of fused-ring (bicyclic) bond motifs is 1. The van der Waals surface area contributed by atoms with Crippen molar-refractivity contribution in [1.82, 2.24) is 30.1 Å². The minimum Gasteiger partial charge on any atom is -0.322 e. The second-order valence-electron chi connectivity index (χ2n) is 9.30. The van der Waals surface area contributed by atoms with Gasteiger partial charge in [0.05, 0.1) is 5.54 Å². The molecule has 1 N–H and O–H groups in total. The molecule has 1 aliphatic rings. The van der Waals surface area contributed by atoms with Gasteiger partial charge in [-0.25, -0.2) is 4.68 Å². The summed E-state index contributed by atoms with van der Waals surface area (Å²) in [7, 11) is 0. The van der Waals surface area contributed by atoms with Crippen molar-refractivity contribution in [1.29, 1.82) is 0 Å². The Bertz CT molecular complexity index is 1090. The first-order valence-corrected chi connectivity index (χ1v) is 11.6. The molecule has 2 aromatic heterocycles. The van der Waals surface area contributed by atoms with Crippen molar-refractivity contribution in [3.63, 3.8) is 0 Å². The van der Waals surface area contributed by atoms with Crippen LogP contribution in [0.4, 0.5) is 0 Å². The third kappa shape index (κ3) is 4.28. The molecule has 0 saturated carbocycles. The van der Waals surface area contributed by atoms with E-state index in [9.17, 15) is 4.79 Å². The third-order valence-electron chi connectivity index (χ3n) is 6.82. The van der Waals surface area contributed by atoms with Gasteiger partial charge in [-0.1, -0.05) is 32.8 Å². The number of benzene rings is 1. The molecule has 1 aliphatic heterocycles. The monoisotopic (exact) mass is 422 g/mol. The largest absolute Gasteiger partial charge is 0.322 e. The van der Waals surface area contributed by atoms with Gasteiger partial charge in [-0.2, -0.15) is 0 Å². The van der Waals surface area contributed by atoms with Gasteiger partial charge in [-0.05, 0) is 92.2 Å². The molecule has 0 spiro atoms. The molecule has 1 aromatic carbocycles. The molecular formula is C24H34N6O. The molecule has 31 heavy (non-hydrogen) atoms. The Morgan fingerprint density at radius 3 is 2.52 bits per heavy atom. The summed E-state index contributed by atoms with van der Waals surface area (Å²) in [5, 5.41) is 13.9. The standard InChI is InChI=1S/C24H34N6O/c1-5-17-11-12-20-18(15-17)16-19(23(31)25-20)21(29-13-9-7-8-10-14-29)22-26-27-28-30(22)24(3,4)6-2/h11-12,15-16,21H,5-10,13-14H2,1-4H3,(H,25,31)/t21-/m1/s1. The Balaban J connectivity index is 1.91. The van der Waals surface area contributed by atoms with Crippen LogP contribution in [-0.2, 0) is 12.0 Å². The summed E-state index contributed by atoms with van der Waals surface area (Å²) in [5.41, 5.74) is 2.56. The lowest BCUT2D eigenvalue weighted by Gasteiger charge is -2.32. The Labute approximate surface area is 183 Å². The fourth-order valence-corrected chi connectivity index (χ4v) is 4.49. The van der Waals surface area contributed by atoms with Crippen molar-refractivity contribution in [2.24, 2.45) is 0 Å². The number of rotatable bonds is 6. The van der Waals surface area contributed by atoms with Gasteiger partial charge >= 0.3 is 0 Å². The Hall–Kier alpha value is -2.54. The van der Waals surface area contributed by atoms with E-state index in [0.717, 1.165) is 61.1 Å². The van der Waals surface area contributed by atoms with Crippen molar-refractivity contribution in [3.05, 3.63) is 51.6 Å². The molecule has 7 heteroatoms. The average molecular weight is 423 g/mol. The van der Waals surface area contributed by atoms with Crippen LogP contribution in [0.15, 0.2) is 29.1 Å². The molecule has 0 amide bonds. The van der Waals surface area contributed by atoms with Crippen LogP contribution >= 0.6 is 0 Å². The van der Waals surface area contributed by atoms with E-state index in [-0.39, 0.29) is 17.1 Å². The molecule has 4 rings (SSSR count). The van der Waals surface area contributed by atoms with E-state index < -0.39 is 0 Å². The van der Waals surface area contributed by atoms with Crippen LogP contribution in [0.1, 0.15) is 82.8 Å². The van der Waals surface area contributed by atoms with Gasteiger partial charge in [-0.15, -0.1) is 5.10 Å². The van der Waals surface area contributed by atoms with Crippen molar-refractivity contribution < 1.29 is 0 Å². The highest BCUT2D eigenvalue weighted by Crippen LogP contribution is 2.32. The normalized spacial score (nSPS) is 17.0. The maximum Gasteiger partial charge on any atom is 0.253 e.